The number of nitrogens with zero attached hydrogens (tertiary/aromatic N) is 6. The monoisotopic (exact) mass is 374 g/mol. The van der Waals surface area contributed by atoms with Crippen molar-refractivity contribution in [2.75, 3.05) is 5.32 Å². The number of non-ortho nitro benzene ring substituents is 1. The zero-order chi connectivity index (χ0) is 19.8. The van der Waals surface area contributed by atoms with Crippen molar-refractivity contribution in [1.29, 1.82) is 5.26 Å². The number of aromatic nitrogens is 5. The number of hydrogen-bond acceptors (Lipinski definition) is 7. The fourth-order valence-corrected chi connectivity index (χ4v) is 2.97. The number of rotatable bonds is 4. The van der Waals surface area contributed by atoms with Gasteiger partial charge in [-0.25, -0.2) is 4.98 Å². The highest BCUT2D eigenvalue weighted by Crippen LogP contribution is 2.29. The minimum absolute atomic E-state index is 0.00864. The molecule has 0 amide bonds. The third-order valence-electron chi connectivity index (χ3n) is 4.39. The second-order valence-corrected chi connectivity index (χ2v) is 6.19. The summed E-state index contributed by atoms with van der Waals surface area (Å²) in [5.41, 5.74) is 3.31. The number of aromatic amines is 1. The minimum atomic E-state index is -0.434. The fraction of sp³-hybridized carbons (Fsp3) is 0.111. The molecular formula is C18H14N8O2. The summed E-state index contributed by atoms with van der Waals surface area (Å²) < 4.78 is 1.74. The number of benzene rings is 1. The zero-order valence-electron chi connectivity index (χ0n) is 15.0. The summed E-state index contributed by atoms with van der Waals surface area (Å²) in [4.78, 5) is 19.3. The van der Waals surface area contributed by atoms with E-state index in [-0.39, 0.29) is 11.3 Å². The number of hydrogen-bond donors (Lipinski definition) is 2. The number of aryl methyl sites for hydroxylation is 2. The molecule has 0 aliphatic carbocycles. The average molecular weight is 374 g/mol. The summed E-state index contributed by atoms with van der Waals surface area (Å²) in [7, 11) is 0. The molecule has 10 heteroatoms. The minimum Gasteiger partial charge on any atom is -0.321 e. The predicted octanol–water partition coefficient (Wildman–Crippen LogP) is 3.28. The molecule has 0 fully saturated rings. The predicted molar refractivity (Wildman–Crippen MR) is 102 cm³/mol. The number of nitriles is 1. The standard InChI is InChI=1S/C18H14N8O2/c1-10-9-25(16-4-3-13(26(27)28)5-14(10)16)17-12(6-19)7-20-18(23-17)22-15-8-21-24-11(15)2/h3-5,7-9H,1-2H3,(H,21,24)(H,20,22,23). The first-order chi connectivity index (χ1) is 13.5. The molecule has 4 rings (SSSR count). The maximum Gasteiger partial charge on any atom is 0.270 e. The molecule has 4 aromatic rings. The molecule has 0 aliphatic rings. The van der Waals surface area contributed by atoms with E-state index in [1.54, 1.807) is 23.0 Å². The number of nitro groups is 1. The summed E-state index contributed by atoms with van der Waals surface area (Å²) in [6, 6.07) is 6.69. The topological polar surface area (TPSA) is 138 Å². The Balaban J connectivity index is 1.86. The molecule has 0 saturated carbocycles. The molecule has 0 aliphatic heterocycles. The van der Waals surface area contributed by atoms with Crippen molar-refractivity contribution < 1.29 is 4.92 Å². The Hall–Kier alpha value is -4.26. The Morgan fingerprint density at radius 2 is 2.18 bits per heavy atom. The summed E-state index contributed by atoms with van der Waals surface area (Å²) >= 11 is 0. The first-order valence-corrected chi connectivity index (χ1v) is 8.29. The summed E-state index contributed by atoms with van der Waals surface area (Å²) in [5, 5.41) is 31.1. The molecule has 138 valence electrons. The van der Waals surface area contributed by atoms with Crippen LogP contribution in [-0.2, 0) is 0 Å². The van der Waals surface area contributed by atoms with Crippen LogP contribution in [0.25, 0.3) is 16.7 Å². The van der Waals surface area contributed by atoms with E-state index in [0.29, 0.717) is 17.3 Å². The lowest BCUT2D eigenvalue weighted by Gasteiger charge is -2.09. The van der Waals surface area contributed by atoms with Gasteiger partial charge < -0.3 is 5.32 Å². The van der Waals surface area contributed by atoms with Gasteiger partial charge in [0.2, 0.25) is 5.95 Å². The number of anilines is 2. The van der Waals surface area contributed by atoms with E-state index < -0.39 is 4.92 Å². The molecule has 3 heterocycles. The molecule has 2 N–H and O–H groups in total. The van der Waals surface area contributed by atoms with E-state index in [9.17, 15) is 15.4 Å². The van der Waals surface area contributed by atoms with Crippen molar-refractivity contribution in [3.05, 3.63) is 63.7 Å². The summed E-state index contributed by atoms with van der Waals surface area (Å²) in [6.07, 6.45) is 4.92. The second kappa shape index (κ2) is 6.48. The van der Waals surface area contributed by atoms with Gasteiger partial charge in [0.05, 0.1) is 28.0 Å². The van der Waals surface area contributed by atoms with E-state index in [1.807, 2.05) is 13.8 Å². The van der Waals surface area contributed by atoms with Crippen molar-refractivity contribution >= 4 is 28.2 Å². The highest BCUT2D eigenvalue weighted by Gasteiger charge is 2.16. The van der Waals surface area contributed by atoms with E-state index >= 15 is 0 Å². The smallest absolute Gasteiger partial charge is 0.270 e. The van der Waals surface area contributed by atoms with Crippen LogP contribution in [0.1, 0.15) is 16.8 Å². The SMILES string of the molecule is Cc1n[nH]cc1Nc1ncc(C#N)c(-n2cc(C)c3cc([N+](=O)[O-])ccc32)n1. The van der Waals surface area contributed by atoms with Crippen LogP contribution < -0.4 is 5.32 Å². The van der Waals surface area contributed by atoms with Gasteiger partial charge in [-0.3, -0.25) is 19.8 Å². The quantitative estimate of drug-likeness (QED) is 0.413. The van der Waals surface area contributed by atoms with Gasteiger partial charge in [0.25, 0.3) is 5.69 Å². The van der Waals surface area contributed by atoms with Gasteiger partial charge in [-0.15, -0.1) is 0 Å². The first kappa shape index (κ1) is 17.2. The Bertz CT molecular complexity index is 1260. The molecule has 3 aromatic heterocycles. The number of nitrogens with one attached hydrogen (secondary N) is 2. The lowest BCUT2D eigenvalue weighted by Crippen LogP contribution is -2.05. The maximum absolute atomic E-state index is 11.1. The highest BCUT2D eigenvalue weighted by molar-refractivity contribution is 5.87. The Labute approximate surface area is 158 Å². The van der Waals surface area contributed by atoms with Crippen LogP contribution in [-0.4, -0.2) is 29.7 Å². The molecule has 28 heavy (non-hydrogen) atoms. The van der Waals surface area contributed by atoms with Crippen LogP contribution in [0.3, 0.4) is 0 Å². The van der Waals surface area contributed by atoms with Gasteiger partial charge >= 0.3 is 0 Å². The lowest BCUT2D eigenvalue weighted by atomic mass is 10.2. The molecule has 10 nitrogen and oxygen atoms in total. The van der Waals surface area contributed by atoms with Crippen molar-refractivity contribution in [2.45, 2.75) is 13.8 Å². The largest absolute Gasteiger partial charge is 0.321 e. The van der Waals surface area contributed by atoms with Gasteiger partial charge in [-0.05, 0) is 25.5 Å². The molecule has 0 spiro atoms. The molecule has 0 atom stereocenters. The summed E-state index contributed by atoms with van der Waals surface area (Å²) in [6.45, 7) is 3.68. The van der Waals surface area contributed by atoms with E-state index in [2.05, 4.69) is 31.6 Å². The van der Waals surface area contributed by atoms with Gasteiger partial charge in [0.1, 0.15) is 11.6 Å². The van der Waals surface area contributed by atoms with E-state index in [0.717, 1.165) is 22.3 Å². The Kier molecular flexibility index (Phi) is 3.97. The van der Waals surface area contributed by atoms with Gasteiger partial charge in [-0.1, -0.05) is 0 Å². The van der Waals surface area contributed by atoms with E-state index in [4.69, 9.17) is 0 Å². The van der Waals surface area contributed by atoms with Crippen LogP contribution in [0.2, 0.25) is 0 Å². The van der Waals surface area contributed by atoms with Gasteiger partial charge in [0.15, 0.2) is 5.82 Å². The first-order valence-electron chi connectivity index (χ1n) is 8.29. The Morgan fingerprint density at radius 1 is 1.36 bits per heavy atom. The van der Waals surface area contributed by atoms with Gasteiger partial charge in [-0.2, -0.15) is 15.3 Å². The van der Waals surface area contributed by atoms with Gasteiger partial charge in [0, 0.05) is 29.9 Å². The molecule has 1 aromatic carbocycles. The number of fused-ring (bicyclic) bond motifs is 1. The van der Waals surface area contributed by atoms with Crippen molar-refractivity contribution in [2.24, 2.45) is 0 Å². The van der Waals surface area contributed by atoms with Crippen LogP contribution in [0.4, 0.5) is 17.3 Å². The van der Waals surface area contributed by atoms with Crippen molar-refractivity contribution in [1.82, 2.24) is 24.7 Å². The molecule has 0 bridgehead atoms. The molecular weight excluding hydrogens is 360 g/mol. The van der Waals surface area contributed by atoms with Crippen LogP contribution >= 0.6 is 0 Å². The zero-order valence-corrected chi connectivity index (χ0v) is 15.0. The maximum atomic E-state index is 11.1. The highest BCUT2D eigenvalue weighted by atomic mass is 16.6. The molecule has 0 unspecified atom stereocenters. The molecule has 0 saturated heterocycles. The third-order valence-corrected chi connectivity index (χ3v) is 4.39. The number of nitro benzene ring substituents is 1. The lowest BCUT2D eigenvalue weighted by molar-refractivity contribution is -0.384. The Morgan fingerprint density at radius 3 is 2.86 bits per heavy atom. The van der Waals surface area contributed by atoms with Crippen LogP contribution in [0, 0.1) is 35.3 Å². The van der Waals surface area contributed by atoms with Crippen molar-refractivity contribution in [3.63, 3.8) is 0 Å². The number of H-pyrrole nitrogens is 1. The normalized spacial score (nSPS) is 10.8. The average Bonchev–Trinajstić information content (AvgIpc) is 3.24. The van der Waals surface area contributed by atoms with Crippen molar-refractivity contribution in [3.8, 4) is 11.9 Å². The van der Waals surface area contributed by atoms with Crippen LogP contribution in [0.15, 0.2) is 36.8 Å². The fourth-order valence-electron chi connectivity index (χ4n) is 2.97. The van der Waals surface area contributed by atoms with Crippen LogP contribution in [0.5, 0.6) is 0 Å². The summed E-state index contributed by atoms with van der Waals surface area (Å²) in [5.74, 6) is 0.688. The van der Waals surface area contributed by atoms with E-state index in [1.165, 1.54) is 18.3 Å². The molecule has 0 radical (unpaired) electrons. The second-order valence-electron chi connectivity index (χ2n) is 6.19. The third kappa shape index (κ3) is 2.80.